The van der Waals surface area contributed by atoms with E-state index in [1.807, 2.05) is 19.2 Å². The molecular formula is C17H22FNO. The summed E-state index contributed by atoms with van der Waals surface area (Å²) >= 11 is 0. The zero-order valence-electron chi connectivity index (χ0n) is 12.2. The first-order valence-electron chi connectivity index (χ1n) is 7.34. The zero-order valence-corrected chi connectivity index (χ0v) is 12.2. The van der Waals surface area contributed by atoms with Gasteiger partial charge in [0.2, 0.25) is 0 Å². The first-order chi connectivity index (χ1) is 9.61. The highest BCUT2D eigenvalue weighted by Gasteiger charge is 2.24. The summed E-state index contributed by atoms with van der Waals surface area (Å²) in [7, 11) is 0. The maximum Gasteiger partial charge on any atom is 0.120 e. The summed E-state index contributed by atoms with van der Waals surface area (Å²) in [5.41, 5.74) is 3.03. The van der Waals surface area contributed by atoms with E-state index in [-0.39, 0.29) is 5.83 Å². The minimum absolute atomic E-state index is 0.183. The standard InChI is InChI=1S/C17H22FNO/c1-12(18)11-17-13(2)19-9-7-16(17)15-5-3-14(4-6-15)8-10-20/h7,9-11,14-15H,3-6,8H2,1-2H3/b12-11+. The number of aryl methyl sites for hydroxylation is 1. The van der Waals surface area contributed by atoms with Crippen LogP contribution < -0.4 is 0 Å². The summed E-state index contributed by atoms with van der Waals surface area (Å²) in [6.07, 6.45) is 9.44. The van der Waals surface area contributed by atoms with Gasteiger partial charge in [-0.1, -0.05) is 0 Å². The molecule has 1 heterocycles. The third kappa shape index (κ3) is 3.53. The average molecular weight is 275 g/mol. The van der Waals surface area contributed by atoms with Crippen LogP contribution >= 0.6 is 0 Å². The van der Waals surface area contributed by atoms with Gasteiger partial charge >= 0.3 is 0 Å². The fraction of sp³-hybridized carbons (Fsp3) is 0.529. The van der Waals surface area contributed by atoms with Crippen LogP contribution in [0.5, 0.6) is 0 Å². The first kappa shape index (κ1) is 14.9. The molecule has 1 aromatic rings. The number of hydrogen-bond donors (Lipinski definition) is 0. The Labute approximate surface area is 120 Å². The van der Waals surface area contributed by atoms with Crippen molar-refractivity contribution in [3.63, 3.8) is 0 Å². The Balaban J connectivity index is 2.19. The van der Waals surface area contributed by atoms with Crippen LogP contribution in [0.2, 0.25) is 0 Å². The molecule has 108 valence electrons. The van der Waals surface area contributed by atoms with Crippen LogP contribution in [-0.4, -0.2) is 11.3 Å². The third-order valence-corrected chi connectivity index (χ3v) is 4.28. The topological polar surface area (TPSA) is 30.0 Å². The molecule has 2 rings (SSSR count). The number of nitrogens with zero attached hydrogens (tertiary/aromatic N) is 1. The van der Waals surface area contributed by atoms with Crippen LogP contribution in [0.15, 0.2) is 18.1 Å². The molecule has 1 fully saturated rings. The minimum Gasteiger partial charge on any atom is -0.303 e. The lowest BCUT2D eigenvalue weighted by molar-refractivity contribution is -0.108. The minimum atomic E-state index is -0.183. The molecule has 0 bridgehead atoms. The van der Waals surface area contributed by atoms with Gasteiger partial charge in [-0.25, -0.2) is 4.39 Å². The van der Waals surface area contributed by atoms with E-state index in [0.29, 0.717) is 18.3 Å². The molecule has 2 nitrogen and oxygen atoms in total. The molecule has 3 heteroatoms. The Bertz CT molecular complexity index is 498. The highest BCUT2D eigenvalue weighted by molar-refractivity contribution is 5.58. The quantitative estimate of drug-likeness (QED) is 0.753. The Kier molecular flexibility index (Phi) is 5.05. The molecule has 0 N–H and O–H groups in total. The number of carbonyl (C=O) groups excluding carboxylic acids is 1. The van der Waals surface area contributed by atoms with Crippen molar-refractivity contribution >= 4 is 12.4 Å². The maximum atomic E-state index is 13.3. The van der Waals surface area contributed by atoms with Gasteiger partial charge in [0.25, 0.3) is 0 Å². The lowest BCUT2D eigenvalue weighted by Gasteiger charge is -2.29. The second kappa shape index (κ2) is 6.78. The number of aldehydes is 1. The van der Waals surface area contributed by atoms with Crippen LogP contribution in [0.25, 0.3) is 6.08 Å². The monoisotopic (exact) mass is 275 g/mol. The van der Waals surface area contributed by atoms with E-state index in [1.165, 1.54) is 12.5 Å². The van der Waals surface area contributed by atoms with Crippen LogP contribution in [0.3, 0.4) is 0 Å². The molecule has 1 aliphatic carbocycles. The Morgan fingerprint density at radius 1 is 1.40 bits per heavy atom. The number of allylic oxidation sites excluding steroid dienone is 1. The molecular weight excluding hydrogens is 253 g/mol. The third-order valence-electron chi connectivity index (χ3n) is 4.28. The number of pyridine rings is 1. The van der Waals surface area contributed by atoms with Crippen LogP contribution in [0.4, 0.5) is 4.39 Å². The van der Waals surface area contributed by atoms with E-state index in [0.717, 1.165) is 43.2 Å². The number of halogens is 1. The smallest absolute Gasteiger partial charge is 0.120 e. The fourth-order valence-corrected chi connectivity index (χ4v) is 3.19. The van der Waals surface area contributed by atoms with Gasteiger partial charge < -0.3 is 4.79 Å². The van der Waals surface area contributed by atoms with Gasteiger partial charge in [-0.3, -0.25) is 4.98 Å². The molecule has 0 unspecified atom stereocenters. The van der Waals surface area contributed by atoms with Crippen molar-refractivity contribution in [2.24, 2.45) is 5.92 Å². The van der Waals surface area contributed by atoms with E-state index >= 15 is 0 Å². The van der Waals surface area contributed by atoms with E-state index in [1.54, 1.807) is 6.08 Å². The van der Waals surface area contributed by atoms with Crippen molar-refractivity contribution in [3.05, 3.63) is 34.9 Å². The van der Waals surface area contributed by atoms with Crippen molar-refractivity contribution in [1.29, 1.82) is 0 Å². The highest BCUT2D eigenvalue weighted by atomic mass is 19.1. The van der Waals surface area contributed by atoms with Crippen molar-refractivity contribution in [3.8, 4) is 0 Å². The Hall–Kier alpha value is -1.51. The molecule has 0 aliphatic heterocycles. The first-order valence-corrected chi connectivity index (χ1v) is 7.34. The van der Waals surface area contributed by atoms with E-state index in [9.17, 15) is 9.18 Å². The SMILES string of the molecule is C/C(F)=C\c1c(C2CCC(CC=O)CC2)ccnc1C. The van der Waals surface area contributed by atoms with E-state index in [2.05, 4.69) is 4.98 Å². The summed E-state index contributed by atoms with van der Waals surface area (Å²) in [6, 6.07) is 2.02. The van der Waals surface area contributed by atoms with Crippen molar-refractivity contribution in [2.75, 3.05) is 0 Å². The summed E-state index contributed by atoms with van der Waals surface area (Å²) in [5.74, 6) is 0.816. The van der Waals surface area contributed by atoms with Crippen LogP contribution in [0, 0.1) is 12.8 Å². The highest BCUT2D eigenvalue weighted by Crippen LogP contribution is 2.38. The molecule has 1 aliphatic rings. The number of aromatic nitrogens is 1. The zero-order chi connectivity index (χ0) is 14.5. The fourth-order valence-electron chi connectivity index (χ4n) is 3.19. The summed E-state index contributed by atoms with van der Waals surface area (Å²) < 4.78 is 13.3. The number of rotatable bonds is 4. The largest absolute Gasteiger partial charge is 0.303 e. The lowest BCUT2D eigenvalue weighted by Crippen LogP contribution is -2.15. The summed E-state index contributed by atoms with van der Waals surface area (Å²) in [4.78, 5) is 14.9. The van der Waals surface area contributed by atoms with Crippen LogP contribution in [0.1, 0.15) is 61.8 Å². The molecule has 0 atom stereocenters. The van der Waals surface area contributed by atoms with Crippen LogP contribution in [-0.2, 0) is 4.79 Å². The molecule has 0 radical (unpaired) electrons. The normalized spacial score (nSPS) is 23.6. The molecule has 1 saturated carbocycles. The molecule has 0 spiro atoms. The average Bonchev–Trinajstić information content (AvgIpc) is 2.42. The number of hydrogen-bond acceptors (Lipinski definition) is 2. The van der Waals surface area contributed by atoms with Gasteiger partial charge in [-0.15, -0.1) is 0 Å². The molecule has 20 heavy (non-hydrogen) atoms. The second-order valence-electron chi connectivity index (χ2n) is 5.75. The Morgan fingerprint density at radius 3 is 2.70 bits per heavy atom. The van der Waals surface area contributed by atoms with Gasteiger partial charge in [0, 0.05) is 23.9 Å². The van der Waals surface area contributed by atoms with Gasteiger partial charge in [0.15, 0.2) is 0 Å². The van der Waals surface area contributed by atoms with Gasteiger partial charge in [0.05, 0.1) is 5.83 Å². The molecule has 0 aromatic carbocycles. The van der Waals surface area contributed by atoms with Crippen molar-refractivity contribution in [2.45, 2.75) is 51.9 Å². The predicted octanol–water partition coefficient (Wildman–Crippen LogP) is 4.58. The van der Waals surface area contributed by atoms with E-state index < -0.39 is 0 Å². The van der Waals surface area contributed by atoms with E-state index in [4.69, 9.17) is 0 Å². The van der Waals surface area contributed by atoms with Crippen molar-refractivity contribution in [1.82, 2.24) is 4.98 Å². The summed E-state index contributed by atoms with van der Waals surface area (Å²) in [6.45, 7) is 3.40. The molecule has 0 amide bonds. The molecule has 0 saturated heterocycles. The van der Waals surface area contributed by atoms with Gasteiger partial charge in [-0.2, -0.15) is 0 Å². The van der Waals surface area contributed by atoms with Gasteiger partial charge in [-0.05, 0) is 69.1 Å². The summed E-state index contributed by atoms with van der Waals surface area (Å²) in [5, 5.41) is 0. The Morgan fingerprint density at radius 2 is 2.10 bits per heavy atom. The number of carbonyl (C=O) groups is 1. The maximum absolute atomic E-state index is 13.3. The second-order valence-corrected chi connectivity index (χ2v) is 5.75. The molecule has 1 aromatic heterocycles. The van der Waals surface area contributed by atoms with Crippen molar-refractivity contribution < 1.29 is 9.18 Å². The predicted molar refractivity (Wildman–Crippen MR) is 79.1 cm³/mol. The lowest BCUT2D eigenvalue weighted by atomic mass is 9.76. The van der Waals surface area contributed by atoms with Gasteiger partial charge in [0.1, 0.15) is 6.29 Å².